The standard InChI is InChI=1S/C16H15ClN4O/c1-22-14-9-13(18)12(17)8-11(14)16-19-15(20-21-16)7-10-5-3-2-4-6-10/h2-6,8-9H,7,18H2,1H3,(H,19,20,21). The Hall–Kier alpha value is -2.53. The van der Waals surface area contributed by atoms with Gasteiger partial charge in [-0.3, -0.25) is 5.10 Å². The molecule has 0 unspecified atom stereocenters. The van der Waals surface area contributed by atoms with Gasteiger partial charge in [0.1, 0.15) is 11.6 Å². The number of benzene rings is 2. The van der Waals surface area contributed by atoms with Crippen molar-refractivity contribution in [1.82, 2.24) is 15.2 Å². The highest BCUT2D eigenvalue weighted by atomic mass is 35.5. The quantitative estimate of drug-likeness (QED) is 0.724. The van der Waals surface area contributed by atoms with Crippen molar-refractivity contribution in [3.8, 4) is 17.1 Å². The molecule has 3 N–H and O–H groups in total. The molecule has 0 saturated carbocycles. The number of H-pyrrole nitrogens is 1. The Morgan fingerprint density at radius 3 is 2.73 bits per heavy atom. The summed E-state index contributed by atoms with van der Waals surface area (Å²) in [6.07, 6.45) is 0.679. The van der Waals surface area contributed by atoms with Gasteiger partial charge >= 0.3 is 0 Å². The summed E-state index contributed by atoms with van der Waals surface area (Å²) in [5.41, 5.74) is 8.12. The van der Waals surface area contributed by atoms with Gasteiger partial charge in [-0.25, -0.2) is 4.98 Å². The lowest BCUT2D eigenvalue weighted by Gasteiger charge is -2.07. The molecule has 3 rings (SSSR count). The highest BCUT2D eigenvalue weighted by molar-refractivity contribution is 6.33. The number of hydrogen-bond acceptors (Lipinski definition) is 4. The normalized spacial score (nSPS) is 10.6. The van der Waals surface area contributed by atoms with E-state index in [0.29, 0.717) is 34.3 Å². The molecule has 0 fully saturated rings. The summed E-state index contributed by atoms with van der Waals surface area (Å²) in [5.74, 6) is 1.90. The smallest absolute Gasteiger partial charge is 0.184 e. The lowest BCUT2D eigenvalue weighted by Crippen LogP contribution is -1.94. The minimum absolute atomic E-state index is 0.449. The van der Waals surface area contributed by atoms with Crippen LogP contribution in [0.15, 0.2) is 42.5 Å². The summed E-state index contributed by atoms with van der Waals surface area (Å²) in [5, 5.41) is 7.64. The number of aromatic nitrogens is 3. The molecule has 0 saturated heterocycles. The van der Waals surface area contributed by atoms with Crippen molar-refractivity contribution in [2.45, 2.75) is 6.42 Å². The molecule has 0 aliphatic heterocycles. The van der Waals surface area contributed by atoms with Crippen molar-refractivity contribution in [1.29, 1.82) is 0 Å². The fourth-order valence-corrected chi connectivity index (χ4v) is 2.36. The van der Waals surface area contributed by atoms with Crippen molar-refractivity contribution in [2.24, 2.45) is 0 Å². The van der Waals surface area contributed by atoms with Gasteiger partial charge in [0.15, 0.2) is 5.82 Å². The van der Waals surface area contributed by atoms with Crippen LogP contribution in [0.25, 0.3) is 11.4 Å². The van der Waals surface area contributed by atoms with Gasteiger partial charge in [0, 0.05) is 12.5 Å². The van der Waals surface area contributed by atoms with E-state index >= 15 is 0 Å². The van der Waals surface area contributed by atoms with E-state index in [2.05, 4.69) is 15.2 Å². The molecule has 1 heterocycles. The second-order valence-electron chi connectivity index (χ2n) is 4.84. The Bertz CT molecular complexity index is 786. The molecule has 5 nitrogen and oxygen atoms in total. The number of nitrogens with two attached hydrogens (primary N) is 1. The molecule has 0 spiro atoms. The molecule has 6 heteroatoms. The van der Waals surface area contributed by atoms with Gasteiger partial charge in [0.05, 0.1) is 23.4 Å². The van der Waals surface area contributed by atoms with E-state index in [-0.39, 0.29) is 0 Å². The summed E-state index contributed by atoms with van der Waals surface area (Å²) in [6.45, 7) is 0. The van der Waals surface area contributed by atoms with Crippen molar-refractivity contribution in [2.75, 3.05) is 12.8 Å². The molecule has 1 aromatic heterocycles. The Morgan fingerprint density at radius 1 is 1.23 bits per heavy atom. The van der Waals surface area contributed by atoms with Gasteiger partial charge in [-0.15, -0.1) is 0 Å². The van der Waals surface area contributed by atoms with Gasteiger partial charge in [0.25, 0.3) is 0 Å². The topological polar surface area (TPSA) is 76.8 Å². The number of nitrogen functional groups attached to an aromatic ring is 1. The van der Waals surface area contributed by atoms with Crippen LogP contribution in [-0.4, -0.2) is 22.3 Å². The summed E-state index contributed by atoms with van der Waals surface area (Å²) in [7, 11) is 1.57. The number of aromatic amines is 1. The lowest BCUT2D eigenvalue weighted by molar-refractivity contribution is 0.416. The number of anilines is 1. The van der Waals surface area contributed by atoms with E-state index < -0.39 is 0 Å². The second kappa shape index (κ2) is 6.07. The van der Waals surface area contributed by atoms with Crippen LogP contribution in [0, 0.1) is 0 Å². The first-order valence-corrected chi connectivity index (χ1v) is 7.13. The summed E-state index contributed by atoms with van der Waals surface area (Å²) in [4.78, 5) is 4.51. The molecule has 0 aliphatic carbocycles. The molecule has 0 radical (unpaired) electrons. The zero-order chi connectivity index (χ0) is 15.5. The van der Waals surface area contributed by atoms with Crippen molar-refractivity contribution < 1.29 is 4.74 Å². The third kappa shape index (κ3) is 2.89. The fraction of sp³-hybridized carbons (Fsp3) is 0.125. The molecule has 0 atom stereocenters. The van der Waals surface area contributed by atoms with Gasteiger partial charge < -0.3 is 10.5 Å². The molecular formula is C16H15ClN4O. The number of nitrogens with one attached hydrogen (secondary N) is 1. The van der Waals surface area contributed by atoms with E-state index in [9.17, 15) is 0 Å². The van der Waals surface area contributed by atoms with Crippen LogP contribution >= 0.6 is 11.6 Å². The van der Waals surface area contributed by atoms with Gasteiger partial charge in [0.2, 0.25) is 0 Å². The number of halogens is 1. The van der Waals surface area contributed by atoms with Crippen LogP contribution in [0.2, 0.25) is 5.02 Å². The average molecular weight is 315 g/mol. The van der Waals surface area contributed by atoms with Crippen LogP contribution in [0.4, 0.5) is 5.69 Å². The van der Waals surface area contributed by atoms with Gasteiger partial charge in [-0.2, -0.15) is 5.10 Å². The van der Waals surface area contributed by atoms with Crippen LogP contribution in [0.1, 0.15) is 11.4 Å². The lowest BCUT2D eigenvalue weighted by atomic mass is 10.1. The molecule has 2 aromatic carbocycles. The molecule has 0 bridgehead atoms. The van der Waals surface area contributed by atoms with Crippen LogP contribution in [0.5, 0.6) is 5.75 Å². The third-order valence-electron chi connectivity index (χ3n) is 3.31. The van der Waals surface area contributed by atoms with Crippen molar-refractivity contribution in [3.05, 3.63) is 58.9 Å². The molecule has 0 aliphatic rings. The SMILES string of the molecule is COc1cc(N)c(Cl)cc1-c1n[nH]c(Cc2ccccc2)n1. The van der Waals surface area contributed by atoms with E-state index in [1.165, 1.54) is 0 Å². The highest BCUT2D eigenvalue weighted by Crippen LogP contribution is 2.34. The van der Waals surface area contributed by atoms with E-state index in [4.69, 9.17) is 22.1 Å². The number of hydrogen-bond donors (Lipinski definition) is 2. The first kappa shape index (κ1) is 14.4. The van der Waals surface area contributed by atoms with E-state index in [1.807, 2.05) is 30.3 Å². The van der Waals surface area contributed by atoms with Crippen molar-refractivity contribution >= 4 is 17.3 Å². The zero-order valence-corrected chi connectivity index (χ0v) is 12.8. The molecule has 112 valence electrons. The van der Waals surface area contributed by atoms with Gasteiger partial charge in [-0.05, 0) is 11.6 Å². The average Bonchev–Trinajstić information content (AvgIpc) is 2.99. The van der Waals surface area contributed by atoms with Crippen LogP contribution < -0.4 is 10.5 Å². The minimum Gasteiger partial charge on any atom is -0.496 e. The van der Waals surface area contributed by atoms with Crippen LogP contribution in [-0.2, 0) is 6.42 Å². The molecule has 3 aromatic rings. The third-order valence-corrected chi connectivity index (χ3v) is 3.63. The minimum atomic E-state index is 0.449. The Labute approximate surface area is 133 Å². The maximum absolute atomic E-state index is 6.08. The highest BCUT2D eigenvalue weighted by Gasteiger charge is 2.14. The number of rotatable bonds is 4. The molecule has 22 heavy (non-hydrogen) atoms. The Balaban J connectivity index is 1.92. The number of methoxy groups -OCH3 is 1. The second-order valence-corrected chi connectivity index (χ2v) is 5.25. The Kier molecular flexibility index (Phi) is 3.98. The maximum Gasteiger partial charge on any atom is 0.184 e. The van der Waals surface area contributed by atoms with E-state index in [0.717, 1.165) is 11.4 Å². The van der Waals surface area contributed by atoms with Crippen molar-refractivity contribution in [3.63, 3.8) is 0 Å². The zero-order valence-electron chi connectivity index (χ0n) is 12.0. The monoisotopic (exact) mass is 314 g/mol. The first-order valence-electron chi connectivity index (χ1n) is 6.76. The Morgan fingerprint density at radius 2 is 2.00 bits per heavy atom. The fourth-order valence-electron chi connectivity index (χ4n) is 2.20. The predicted molar refractivity (Wildman–Crippen MR) is 87.0 cm³/mol. The number of nitrogens with zero attached hydrogens (tertiary/aromatic N) is 2. The summed E-state index contributed by atoms with van der Waals surface area (Å²) < 4.78 is 5.33. The molecular weight excluding hydrogens is 300 g/mol. The van der Waals surface area contributed by atoms with Crippen LogP contribution in [0.3, 0.4) is 0 Å². The predicted octanol–water partition coefficient (Wildman–Crippen LogP) is 3.31. The summed E-state index contributed by atoms with van der Waals surface area (Å²) in [6, 6.07) is 13.4. The first-order chi connectivity index (χ1) is 10.7. The molecule has 0 amide bonds. The number of ether oxygens (including phenoxy) is 1. The van der Waals surface area contributed by atoms with E-state index in [1.54, 1.807) is 19.2 Å². The largest absolute Gasteiger partial charge is 0.496 e. The maximum atomic E-state index is 6.08. The summed E-state index contributed by atoms with van der Waals surface area (Å²) >= 11 is 6.08. The van der Waals surface area contributed by atoms with Gasteiger partial charge in [-0.1, -0.05) is 41.9 Å².